The Morgan fingerprint density at radius 1 is 1.12 bits per heavy atom. The fraction of sp³-hybridized carbons (Fsp3) is 0.424. The van der Waals surface area contributed by atoms with Gasteiger partial charge < -0.3 is 28.8 Å². The number of Topliss-reactive ketones (excluding diaryl/α,β-unsaturated/α-hetero) is 1. The molecule has 3 heterocycles. The van der Waals surface area contributed by atoms with E-state index in [1.807, 2.05) is 48.9 Å². The standard InChI is InChI=1S/C33H39N3O6/c1-5-40-28-19-23(7-10-27(28)41-16-11-21(2)3)30-29(31(37)24-8-9-26-25(18-24)17-22(4)42-26)32(38)33(39)36(30)14-6-13-35-15-12-34-20-35/h7-10,12,15,18-22,30,37H,5-6,11,13-14,16-17H2,1-4H3. The highest BCUT2D eigenvalue weighted by molar-refractivity contribution is 6.46. The molecule has 9 nitrogen and oxygen atoms in total. The molecule has 5 rings (SSSR count). The molecule has 2 atom stereocenters. The third-order valence-electron chi connectivity index (χ3n) is 7.62. The summed E-state index contributed by atoms with van der Waals surface area (Å²) in [7, 11) is 0. The number of amides is 1. The molecule has 0 bridgehead atoms. The lowest BCUT2D eigenvalue weighted by Crippen LogP contribution is -2.31. The summed E-state index contributed by atoms with van der Waals surface area (Å²) in [5.74, 6) is 0.854. The second kappa shape index (κ2) is 12.7. The molecule has 0 spiro atoms. The van der Waals surface area contributed by atoms with E-state index in [4.69, 9.17) is 14.2 Å². The summed E-state index contributed by atoms with van der Waals surface area (Å²) in [5.41, 5.74) is 2.16. The predicted octanol–water partition coefficient (Wildman–Crippen LogP) is 5.54. The van der Waals surface area contributed by atoms with Crippen LogP contribution in [0.15, 0.2) is 60.7 Å². The van der Waals surface area contributed by atoms with Crippen molar-refractivity contribution in [3.63, 3.8) is 0 Å². The molecule has 0 radical (unpaired) electrons. The predicted molar refractivity (Wildman–Crippen MR) is 159 cm³/mol. The van der Waals surface area contributed by atoms with Crippen LogP contribution in [0.25, 0.3) is 5.76 Å². The number of nitrogens with zero attached hydrogens (tertiary/aromatic N) is 3. The summed E-state index contributed by atoms with van der Waals surface area (Å²) in [6, 6.07) is 10.1. The lowest BCUT2D eigenvalue weighted by atomic mass is 9.94. The highest BCUT2D eigenvalue weighted by Gasteiger charge is 2.46. The quantitative estimate of drug-likeness (QED) is 0.172. The molecule has 0 aliphatic carbocycles. The van der Waals surface area contributed by atoms with Crippen molar-refractivity contribution in [2.24, 2.45) is 5.92 Å². The van der Waals surface area contributed by atoms with E-state index in [2.05, 4.69) is 18.8 Å². The van der Waals surface area contributed by atoms with Gasteiger partial charge in [0.05, 0.1) is 31.2 Å². The number of aliphatic hydroxyl groups is 1. The Kier molecular flexibility index (Phi) is 8.85. The zero-order valence-corrected chi connectivity index (χ0v) is 24.7. The number of carbonyl (C=O) groups is 2. The number of rotatable bonds is 12. The Balaban J connectivity index is 1.53. The fourth-order valence-corrected chi connectivity index (χ4v) is 5.51. The Labute approximate surface area is 246 Å². The third-order valence-corrected chi connectivity index (χ3v) is 7.62. The normalized spacial score (nSPS) is 19.3. The second-order valence-electron chi connectivity index (χ2n) is 11.3. The van der Waals surface area contributed by atoms with Gasteiger partial charge in [0.25, 0.3) is 11.7 Å². The molecule has 1 saturated heterocycles. The minimum absolute atomic E-state index is 0.0386. The van der Waals surface area contributed by atoms with Gasteiger partial charge in [-0.2, -0.15) is 0 Å². The number of aromatic nitrogens is 2. The largest absolute Gasteiger partial charge is 0.507 e. The minimum Gasteiger partial charge on any atom is -0.507 e. The zero-order chi connectivity index (χ0) is 29.8. The van der Waals surface area contributed by atoms with Gasteiger partial charge in [-0.1, -0.05) is 19.9 Å². The molecular formula is C33H39N3O6. The third kappa shape index (κ3) is 6.15. The smallest absolute Gasteiger partial charge is 0.295 e. The zero-order valence-electron chi connectivity index (χ0n) is 24.7. The average Bonchev–Trinajstić information content (AvgIpc) is 3.67. The van der Waals surface area contributed by atoms with E-state index < -0.39 is 17.7 Å². The topological polar surface area (TPSA) is 103 Å². The second-order valence-corrected chi connectivity index (χ2v) is 11.3. The number of carbonyl (C=O) groups excluding carboxylic acids is 2. The highest BCUT2D eigenvalue weighted by atomic mass is 16.5. The summed E-state index contributed by atoms with van der Waals surface area (Å²) in [6.45, 7) is 10.1. The van der Waals surface area contributed by atoms with Gasteiger partial charge in [-0.25, -0.2) is 4.98 Å². The first kappa shape index (κ1) is 29.2. The van der Waals surface area contributed by atoms with E-state index in [1.54, 1.807) is 29.6 Å². The summed E-state index contributed by atoms with van der Waals surface area (Å²) >= 11 is 0. The van der Waals surface area contributed by atoms with Gasteiger partial charge in [-0.3, -0.25) is 9.59 Å². The number of imidazole rings is 1. The van der Waals surface area contributed by atoms with Gasteiger partial charge in [0.1, 0.15) is 17.6 Å². The van der Waals surface area contributed by atoms with Crippen LogP contribution in [-0.2, 0) is 22.6 Å². The van der Waals surface area contributed by atoms with E-state index in [9.17, 15) is 14.7 Å². The first-order valence-electron chi connectivity index (χ1n) is 14.7. The number of ketones is 1. The van der Waals surface area contributed by atoms with E-state index in [1.165, 1.54) is 0 Å². The average molecular weight is 574 g/mol. The highest BCUT2D eigenvalue weighted by Crippen LogP contribution is 2.43. The molecule has 2 aliphatic rings. The van der Waals surface area contributed by atoms with Crippen LogP contribution in [0.1, 0.15) is 63.3 Å². The number of aryl methyl sites for hydroxylation is 1. The van der Waals surface area contributed by atoms with E-state index in [0.29, 0.717) is 67.7 Å². The molecule has 1 aromatic heterocycles. The molecule has 1 N–H and O–H groups in total. The number of benzene rings is 2. The molecule has 1 amide bonds. The number of fused-ring (bicyclic) bond motifs is 1. The lowest BCUT2D eigenvalue weighted by Gasteiger charge is -2.26. The van der Waals surface area contributed by atoms with Gasteiger partial charge in [-0.05, 0) is 74.1 Å². The number of aliphatic hydroxyl groups excluding tert-OH is 1. The Morgan fingerprint density at radius 2 is 1.95 bits per heavy atom. The molecule has 9 heteroatoms. The number of likely N-dealkylation sites (tertiary alicyclic amines) is 1. The van der Waals surface area contributed by atoms with Crippen molar-refractivity contribution in [2.45, 2.75) is 65.6 Å². The molecule has 2 aliphatic heterocycles. The molecule has 1 fully saturated rings. The van der Waals surface area contributed by atoms with Crippen LogP contribution >= 0.6 is 0 Å². The summed E-state index contributed by atoms with van der Waals surface area (Å²) in [4.78, 5) is 32.7. The molecule has 222 valence electrons. The van der Waals surface area contributed by atoms with Gasteiger partial charge in [-0.15, -0.1) is 0 Å². The monoisotopic (exact) mass is 573 g/mol. The first-order valence-corrected chi connectivity index (χ1v) is 14.7. The van der Waals surface area contributed by atoms with Crippen molar-refractivity contribution in [1.82, 2.24) is 14.5 Å². The summed E-state index contributed by atoms with van der Waals surface area (Å²) < 4.78 is 19.7. The first-order chi connectivity index (χ1) is 20.3. The van der Waals surface area contributed by atoms with E-state index >= 15 is 0 Å². The van der Waals surface area contributed by atoms with Gasteiger partial charge in [0, 0.05) is 37.5 Å². The maximum Gasteiger partial charge on any atom is 0.295 e. The van der Waals surface area contributed by atoms with Crippen LogP contribution in [0, 0.1) is 5.92 Å². The van der Waals surface area contributed by atoms with Crippen molar-refractivity contribution >= 4 is 17.4 Å². The molecule has 2 unspecified atom stereocenters. The Morgan fingerprint density at radius 3 is 2.69 bits per heavy atom. The van der Waals surface area contributed by atoms with Crippen LogP contribution < -0.4 is 14.2 Å². The minimum atomic E-state index is -0.792. The molecule has 0 saturated carbocycles. The summed E-state index contributed by atoms with van der Waals surface area (Å²) in [5, 5.41) is 11.6. The Bertz CT molecular complexity index is 1460. The molecule has 42 heavy (non-hydrogen) atoms. The van der Waals surface area contributed by atoms with Gasteiger partial charge >= 0.3 is 0 Å². The van der Waals surface area contributed by atoms with Crippen LogP contribution in [0.3, 0.4) is 0 Å². The molecule has 3 aromatic rings. The van der Waals surface area contributed by atoms with Crippen molar-refractivity contribution < 1.29 is 28.9 Å². The van der Waals surface area contributed by atoms with E-state index in [0.717, 1.165) is 17.7 Å². The fourth-order valence-electron chi connectivity index (χ4n) is 5.51. The lowest BCUT2D eigenvalue weighted by molar-refractivity contribution is -0.139. The van der Waals surface area contributed by atoms with E-state index in [-0.39, 0.29) is 17.4 Å². The van der Waals surface area contributed by atoms with Crippen molar-refractivity contribution in [1.29, 1.82) is 0 Å². The van der Waals surface area contributed by atoms with Crippen LogP contribution in [0.2, 0.25) is 0 Å². The Hall–Kier alpha value is -4.27. The molecule has 2 aromatic carbocycles. The number of hydrogen-bond donors (Lipinski definition) is 1. The number of hydrogen-bond acceptors (Lipinski definition) is 7. The summed E-state index contributed by atoms with van der Waals surface area (Å²) in [6.07, 6.45) is 7.52. The number of ether oxygens (including phenoxy) is 3. The van der Waals surface area contributed by atoms with Crippen LogP contribution in [-0.4, -0.2) is 57.1 Å². The van der Waals surface area contributed by atoms with Gasteiger partial charge in [0.2, 0.25) is 0 Å². The SMILES string of the molecule is CCOc1cc(C2C(=C(O)c3ccc4c(c3)CC(C)O4)C(=O)C(=O)N2CCCn2ccnc2)ccc1OCCC(C)C. The van der Waals surface area contributed by atoms with Crippen LogP contribution in [0.4, 0.5) is 0 Å². The maximum atomic E-state index is 13.6. The van der Waals surface area contributed by atoms with Crippen molar-refractivity contribution in [3.05, 3.63) is 77.4 Å². The van der Waals surface area contributed by atoms with Gasteiger partial charge in [0.15, 0.2) is 11.5 Å². The van der Waals surface area contributed by atoms with Crippen molar-refractivity contribution in [2.75, 3.05) is 19.8 Å². The maximum absolute atomic E-state index is 13.6. The van der Waals surface area contributed by atoms with Crippen LogP contribution in [0.5, 0.6) is 17.2 Å². The van der Waals surface area contributed by atoms with Crippen molar-refractivity contribution in [3.8, 4) is 17.2 Å². The molecular weight excluding hydrogens is 534 g/mol.